The lowest BCUT2D eigenvalue weighted by molar-refractivity contribution is -0.137. The van der Waals surface area contributed by atoms with Gasteiger partial charge in [-0.1, -0.05) is 18.2 Å². The summed E-state index contributed by atoms with van der Waals surface area (Å²) in [7, 11) is 0. The van der Waals surface area contributed by atoms with Gasteiger partial charge in [0.15, 0.2) is 0 Å². The molecule has 1 aromatic heterocycles. The summed E-state index contributed by atoms with van der Waals surface area (Å²) in [5.41, 5.74) is 2.75. The molecule has 1 atom stereocenters. The maximum atomic E-state index is 12.7. The number of hydrogen-bond acceptors (Lipinski definition) is 4. The van der Waals surface area contributed by atoms with Gasteiger partial charge in [-0.15, -0.1) is 0 Å². The molecule has 0 spiro atoms. The Balaban J connectivity index is 1.52. The van der Waals surface area contributed by atoms with E-state index in [1.54, 1.807) is 0 Å². The molecule has 0 aliphatic carbocycles. The highest BCUT2D eigenvalue weighted by Crippen LogP contribution is 2.29. The number of halogens is 3. The first-order valence-corrected chi connectivity index (χ1v) is 10.5. The monoisotopic (exact) mass is 434 g/mol. The third-order valence-corrected chi connectivity index (χ3v) is 5.76. The zero-order valence-corrected chi connectivity index (χ0v) is 18.2. The van der Waals surface area contributed by atoms with Gasteiger partial charge < -0.3 is 10.2 Å². The number of aromatic nitrogens is 1. The molecule has 5 nitrogen and oxygen atoms in total. The van der Waals surface area contributed by atoms with Crippen LogP contribution in [0.15, 0.2) is 36.5 Å². The Labute approximate surface area is 181 Å². The second-order valence-electron chi connectivity index (χ2n) is 8.15. The van der Waals surface area contributed by atoms with Crippen LogP contribution in [-0.2, 0) is 11.0 Å². The lowest BCUT2D eigenvalue weighted by atomic mass is 10.0. The molecule has 2 heterocycles. The number of hydrogen-bond donors (Lipinski definition) is 1. The fraction of sp³-hybridized carbons (Fsp3) is 0.478. The molecule has 1 aliphatic heterocycles. The molecular weight excluding hydrogens is 405 g/mol. The van der Waals surface area contributed by atoms with E-state index in [0.29, 0.717) is 32.0 Å². The van der Waals surface area contributed by atoms with Crippen LogP contribution >= 0.6 is 0 Å². The first-order valence-electron chi connectivity index (χ1n) is 10.5. The highest BCUT2D eigenvalue weighted by Gasteiger charge is 2.31. The van der Waals surface area contributed by atoms with Gasteiger partial charge in [0.05, 0.1) is 18.2 Å². The first-order chi connectivity index (χ1) is 14.6. The number of rotatable bonds is 5. The summed E-state index contributed by atoms with van der Waals surface area (Å²) >= 11 is 0. The Morgan fingerprint density at radius 2 is 1.87 bits per heavy atom. The van der Waals surface area contributed by atoms with Gasteiger partial charge in [-0.3, -0.25) is 9.69 Å². The standard InChI is InChI=1S/C23H29F3N4O/c1-16-5-6-19(13-17(16)2)18(3)28-22(31)15-29-9-4-10-30(12-11-29)21-8-7-20(14-27-21)23(24,25)26/h5-8,13-14,18H,4,9-12,15H2,1-3H3,(H,28,31)/t18-/m1/s1. The van der Waals surface area contributed by atoms with E-state index in [9.17, 15) is 18.0 Å². The topological polar surface area (TPSA) is 48.5 Å². The van der Waals surface area contributed by atoms with Crippen LogP contribution < -0.4 is 10.2 Å². The van der Waals surface area contributed by atoms with Gasteiger partial charge in [-0.2, -0.15) is 13.2 Å². The summed E-state index contributed by atoms with van der Waals surface area (Å²) in [5.74, 6) is 0.495. The highest BCUT2D eigenvalue weighted by atomic mass is 19.4. The van der Waals surface area contributed by atoms with Crippen LogP contribution in [0, 0.1) is 13.8 Å². The van der Waals surface area contributed by atoms with Crippen molar-refractivity contribution >= 4 is 11.7 Å². The van der Waals surface area contributed by atoms with Crippen molar-refractivity contribution in [2.24, 2.45) is 0 Å². The SMILES string of the molecule is Cc1ccc([C@@H](C)NC(=O)CN2CCCN(c3ccc(C(F)(F)F)cn3)CC2)cc1C. The molecule has 1 saturated heterocycles. The number of alkyl halides is 3. The third-order valence-electron chi connectivity index (χ3n) is 5.76. The molecule has 168 valence electrons. The number of carbonyl (C=O) groups is 1. The number of nitrogens with zero attached hydrogens (tertiary/aromatic N) is 3. The molecule has 0 saturated carbocycles. The average Bonchev–Trinajstić information content (AvgIpc) is 2.95. The smallest absolute Gasteiger partial charge is 0.355 e. The van der Waals surface area contributed by atoms with E-state index < -0.39 is 11.7 Å². The highest BCUT2D eigenvalue weighted by molar-refractivity contribution is 5.78. The minimum atomic E-state index is -4.39. The third kappa shape index (κ3) is 6.19. The van der Waals surface area contributed by atoms with Gasteiger partial charge in [0, 0.05) is 32.4 Å². The number of amides is 1. The fourth-order valence-corrected chi connectivity index (χ4v) is 3.71. The number of aryl methyl sites for hydroxylation is 2. The summed E-state index contributed by atoms with van der Waals surface area (Å²) in [6.45, 7) is 9.09. The molecule has 3 rings (SSSR count). The van der Waals surface area contributed by atoms with Gasteiger partial charge in [-0.25, -0.2) is 4.98 Å². The fourth-order valence-electron chi connectivity index (χ4n) is 3.71. The molecule has 0 bridgehead atoms. The lowest BCUT2D eigenvalue weighted by Gasteiger charge is -2.23. The molecule has 1 aliphatic rings. The van der Waals surface area contributed by atoms with Crippen LogP contribution in [0.3, 0.4) is 0 Å². The Morgan fingerprint density at radius 3 is 2.52 bits per heavy atom. The van der Waals surface area contributed by atoms with E-state index in [2.05, 4.69) is 41.2 Å². The maximum Gasteiger partial charge on any atom is 0.417 e. The predicted octanol–water partition coefficient (Wildman–Crippen LogP) is 4.11. The number of pyridine rings is 1. The zero-order valence-electron chi connectivity index (χ0n) is 18.2. The zero-order chi connectivity index (χ0) is 22.6. The van der Waals surface area contributed by atoms with Gasteiger partial charge >= 0.3 is 6.18 Å². The van der Waals surface area contributed by atoms with Gasteiger partial charge in [0.25, 0.3) is 0 Å². The number of benzene rings is 1. The molecule has 1 N–H and O–H groups in total. The molecule has 0 radical (unpaired) electrons. The van der Waals surface area contributed by atoms with E-state index in [1.165, 1.54) is 17.2 Å². The summed E-state index contributed by atoms with van der Waals surface area (Å²) in [6, 6.07) is 8.59. The molecule has 0 unspecified atom stereocenters. The Morgan fingerprint density at radius 1 is 1.10 bits per heavy atom. The first kappa shape index (κ1) is 23.1. The van der Waals surface area contributed by atoms with E-state index in [4.69, 9.17) is 0 Å². The molecule has 1 fully saturated rings. The van der Waals surface area contributed by atoms with Crippen molar-refractivity contribution in [3.63, 3.8) is 0 Å². The van der Waals surface area contributed by atoms with Crippen molar-refractivity contribution < 1.29 is 18.0 Å². The minimum Gasteiger partial charge on any atom is -0.355 e. The van der Waals surface area contributed by atoms with Crippen LogP contribution in [0.25, 0.3) is 0 Å². The molecular formula is C23H29F3N4O. The van der Waals surface area contributed by atoms with Gasteiger partial charge in [0.1, 0.15) is 5.82 Å². The van der Waals surface area contributed by atoms with Crippen LogP contribution in [0.2, 0.25) is 0 Å². The van der Waals surface area contributed by atoms with E-state index in [1.807, 2.05) is 17.9 Å². The van der Waals surface area contributed by atoms with Crippen LogP contribution in [0.5, 0.6) is 0 Å². The van der Waals surface area contributed by atoms with Crippen LogP contribution in [0.1, 0.15) is 41.6 Å². The largest absolute Gasteiger partial charge is 0.417 e. The van der Waals surface area contributed by atoms with Crippen LogP contribution in [-0.4, -0.2) is 48.5 Å². The average molecular weight is 435 g/mol. The van der Waals surface area contributed by atoms with Crippen molar-refractivity contribution in [3.8, 4) is 0 Å². The molecule has 2 aromatic rings. The maximum absolute atomic E-state index is 12.7. The summed E-state index contributed by atoms with van der Waals surface area (Å²) in [4.78, 5) is 20.6. The van der Waals surface area contributed by atoms with Gasteiger partial charge in [-0.05, 0) is 56.0 Å². The van der Waals surface area contributed by atoms with Crippen molar-refractivity contribution in [2.45, 2.75) is 39.4 Å². The lowest BCUT2D eigenvalue weighted by Crippen LogP contribution is -2.40. The Bertz CT molecular complexity index is 899. The van der Waals surface area contributed by atoms with Gasteiger partial charge in [0.2, 0.25) is 5.91 Å². The second-order valence-corrected chi connectivity index (χ2v) is 8.15. The quantitative estimate of drug-likeness (QED) is 0.770. The predicted molar refractivity (Wildman–Crippen MR) is 115 cm³/mol. The number of nitrogens with one attached hydrogen (secondary N) is 1. The summed E-state index contributed by atoms with van der Waals surface area (Å²) in [6.07, 6.45) is -2.70. The minimum absolute atomic E-state index is 0.0353. The normalized spacial score (nSPS) is 16.6. The summed E-state index contributed by atoms with van der Waals surface area (Å²) in [5, 5.41) is 3.06. The molecule has 8 heteroatoms. The van der Waals surface area contributed by atoms with Crippen molar-refractivity contribution in [1.82, 2.24) is 15.2 Å². The van der Waals surface area contributed by atoms with Crippen LogP contribution in [0.4, 0.5) is 19.0 Å². The Hall–Kier alpha value is -2.61. The Kier molecular flexibility index (Phi) is 7.20. The number of anilines is 1. The summed E-state index contributed by atoms with van der Waals surface area (Å²) < 4.78 is 38.2. The molecule has 31 heavy (non-hydrogen) atoms. The molecule has 1 amide bonds. The van der Waals surface area contributed by atoms with Crippen molar-refractivity contribution in [3.05, 3.63) is 58.8 Å². The van der Waals surface area contributed by atoms with Crippen molar-refractivity contribution in [1.29, 1.82) is 0 Å². The molecule has 1 aromatic carbocycles. The van der Waals surface area contributed by atoms with E-state index in [-0.39, 0.29) is 11.9 Å². The van der Waals surface area contributed by atoms with Crippen molar-refractivity contribution in [2.75, 3.05) is 37.6 Å². The van der Waals surface area contributed by atoms with E-state index >= 15 is 0 Å². The second kappa shape index (κ2) is 9.68. The van der Waals surface area contributed by atoms with E-state index in [0.717, 1.165) is 30.8 Å². The number of carbonyl (C=O) groups excluding carboxylic acids is 1.